The van der Waals surface area contributed by atoms with E-state index in [0.29, 0.717) is 5.02 Å². The second kappa shape index (κ2) is 7.43. The summed E-state index contributed by atoms with van der Waals surface area (Å²) in [5.74, 6) is -0.0253. The standard InChI is InChI=1S/C17H22ClN3OS/c1-9(2)14(19)16(22)20-10(3)15-11(4)21-17(23-15)12-5-7-13(18)8-6-12/h5-10,14H,19H2,1-4H3,(H,20,22)/t10?,14-/m0/s1. The number of aromatic nitrogens is 1. The number of aryl methyl sites for hydroxylation is 1. The number of nitrogens with two attached hydrogens (primary N) is 1. The molecule has 3 N–H and O–H groups in total. The van der Waals surface area contributed by atoms with E-state index in [-0.39, 0.29) is 17.9 Å². The third kappa shape index (κ3) is 4.31. The molecule has 0 aliphatic rings. The van der Waals surface area contributed by atoms with Gasteiger partial charge < -0.3 is 11.1 Å². The third-order valence-corrected chi connectivity index (χ3v) is 5.34. The summed E-state index contributed by atoms with van der Waals surface area (Å²) < 4.78 is 0. The molecule has 2 aromatic rings. The zero-order chi connectivity index (χ0) is 17.1. The quantitative estimate of drug-likeness (QED) is 0.857. The van der Waals surface area contributed by atoms with Gasteiger partial charge in [-0.05, 0) is 31.9 Å². The van der Waals surface area contributed by atoms with Gasteiger partial charge in [0.2, 0.25) is 5.91 Å². The summed E-state index contributed by atoms with van der Waals surface area (Å²) in [7, 11) is 0. The van der Waals surface area contributed by atoms with Gasteiger partial charge in [0.05, 0.1) is 22.7 Å². The first-order valence-corrected chi connectivity index (χ1v) is 8.78. The molecule has 23 heavy (non-hydrogen) atoms. The molecule has 124 valence electrons. The molecule has 0 bridgehead atoms. The Morgan fingerprint density at radius 2 is 1.87 bits per heavy atom. The molecule has 0 spiro atoms. The van der Waals surface area contributed by atoms with Crippen LogP contribution in [-0.2, 0) is 4.79 Å². The van der Waals surface area contributed by atoms with Crippen molar-refractivity contribution in [1.29, 1.82) is 0 Å². The van der Waals surface area contributed by atoms with Gasteiger partial charge in [-0.15, -0.1) is 11.3 Å². The molecule has 2 atom stereocenters. The fourth-order valence-corrected chi connectivity index (χ4v) is 3.40. The van der Waals surface area contributed by atoms with Crippen molar-refractivity contribution in [3.63, 3.8) is 0 Å². The number of carbonyl (C=O) groups excluding carboxylic acids is 1. The molecule has 1 aromatic carbocycles. The molecule has 1 heterocycles. The molecule has 0 saturated carbocycles. The number of thiazole rings is 1. The van der Waals surface area contributed by atoms with Crippen LogP contribution in [-0.4, -0.2) is 16.9 Å². The molecule has 6 heteroatoms. The van der Waals surface area contributed by atoms with Gasteiger partial charge >= 0.3 is 0 Å². The second-order valence-electron chi connectivity index (χ2n) is 5.98. The lowest BCUT2D eigenvalue weighted by Crippen LogP contribution is -2.44. The average Bonchev–Trinajstić information content (AvgIpc) is 2.89. The number of nitrogens with zero attached hydrogens (tertiary/aromatic N) is 1. The topological polar surface area (TPSA) is 68.0 Å². The highest BCUT2D eigenvalue weighted by atomic mass is 35.5. The molecule has 0 fully saturated rings. The van der Waals surface area contributed by atoms with Crippen LogP contribution >= 0.6 is 22.9 Å². The Labute approximate surface area is 146 Å². The number of carbonyl (C=O) groups is 1. The summed E-state index contributed by atoms with van der Waals surface area (Å²) in [6, 6.07) is 6.97. The Bertz CT molecular complexity index is 682. The summed E-state index contributed by atoms with van der Waals surface area (Å²) >= 11 is 7.50. The van der Waals surface area contributed by atoms with Crippen molar-refractivity contribution in [3.05, 3.63) is 39.9 Å². The number of nitrogens with one attached hydrogen (secondary N) is 1. The van der Waals surface area contributed by atoms with Crippen LogP contribution in [0.3, 0.4) is 0 Å². The fraction of sp³-hybridized carbons (Fsp3) is 0.412. The lowest BCUT2D eigenvalue weighted by Gasteiger charge is -2.19. The minimum atomic E-state index is -0.499. The van der Waals surface area contributed by atoms with Crippen LogP contribution in [0.2, 0.25) is 5.02 Å². The molecule has 1 unspecified atom stereocenters. The van der Waals surface area contributed by atoms with Crippen LogP contribution in [0.5, 0.6) is 0 Å². The van der Waals surface area contributed by atoms with E-state index in [0.717, 1.165) is 21.1 Å². The third-order valence-electron chi connectivity index (χ3n) is 3.70. The van der Waals surface area contributed by atoms with E-state index in [1.807, 2.05) is 52.0 Å². The maximum atomic E-state index is 12.1. The number of hydrogen-bond acceptors (Lipinski definition) is 4. The van der Waals surface area contributed by atoms with Gasteiger partial charge in [0.15, 0.2) is 0 Å². The van der Waals surface area contributed by atoms with Crippen molar-refractivity contribution >= 4 is 28.8 Å². The maximum absolute atomic E-state index is 12.1. The molecule has 0 radical (unpaired) electrons. The van der Waals surface area contributed by atoms with Gasteiger partial charge in [-0.25, -0.2) is 4.98 Å². The number of amides is 1. The first-order valence-electron chi connectivity index (χ1n) is 7.58. The molecular weight excluding hydrogens is 330 g/mol. The highest BCUT2D eigenvalue weighted by Crippen LogP contribution is 2.32. The van der Waals surface area contributed by atoms with Crippen molar-refractivity contribution in [3.8, 4) is 10.6 Å². The average molecular weight is 352 g/mol. The predicted molar refractivity (Wildman–Crippen MR) is 96.7 cm³/mol. The van der Waals surface area contributed by atoms with Crippen LogP contribution in [0.15, 0.2) is 24.3 Å². The summed E-state index contributed by atoms with van der Waals surface area (Å²) in [4.78, 5) is 17.8. The van der Waals surface area contributed by atoms with E-state index in [1.165, 1.54) is 0 Å². The Morgan fingerprint density at radius 1 is 1.26 bits per heavy atom. The summed E-state index contributed by atoms with van der Waals surface area (Å²) in [6.45, 7) is 7.78. The minimum Gasteiger partial charge on any atom is -0.347 e. The smallest absolute Gasteiger partial charge is 0.237 e. The molecule has 1 amide bonds. The van der Waals surface area contributed by atoms with E-state index in [2.05, 4.69) is 10.3 Å². The Morgan fingerprint density at radius 3 is 2.43 bits per heavy atom. The van der Waals surface area contributed by atoms with Gasteiger partial charge in [-0.3, -0.25) is 4.79 Å². The van der Waals surface area contributed by atoms with Crippen molar-refractivity contribution in [2.24, 2.45) is 11.7 Å². The summed E-state index contributed by atoms with van der Waals surface area (Å²) in [6.07, 6.45) is 0. The van der Waals surface area contributed by atoms with Crippen LogP contribution < -0.4 is 11.1 Å². The normalized spacial score (nSPS) is 13.9. The van der Waals surface area contributed by atoms with Crippen molar-refractivity contribution in [2.75, 3.05) is 0 Å². The van der Waals surface area contributed by atoms with E-state index in [9.17, 15) is 4.79 Å². The first kappa shape index (κ1) is 17.9. The van der Waals surface area contributed by atoms with Gasteiger partial charge in [0.25, 0.3) is 0 Å². The lowest BCUT2D eigenvalue weighted by atomic mass is 10.0. The Balaban J connectivity index is 2.17. The number of hydrogen-bond donors (Lipinski definition) is 2. The molecule has 0 saturated heterocycles. The van der Waals surface area contributed by atoms with E-state index >= 15 is 0 Å². The largest absolute Gasteiger partial charge is 0.347 e. The zero-order valence-electron chi connectivity index (χ0n) is 13.8. The van der Waals surface area contributed by atoms with Gasteiger partial charge in [0, 0.05) is 10.6 Å². The van der Waals surface area contributed by atoms with Crippen LogP contribution in [0.4, 0.5) is 0 Å². The monoisotopic (exact) mass is 351 g/mol. The van der Waals surface area contributed by atoms with Crippen LogP contribution in [0, 0.1) is 12.8 Å². The number of rotatable bonds is 5. The first-order chi connectivity index (χ1) is 10.8. The molecule has 2 rings (SSSR count). The molecule has 1 aromatic heterocycles. The Hall–Kier alpha value is -1.43. The second-order valence-corrected chi connectivity index (χ2v) is 7.44. The van der Waals surface area contributed by atoms with Gasteiger partial charge in [-0.1, -0.05) is 37.6 Å². The number of benzene rings is 1. The minimum absolute atomic E-state index is 0.106. The van der Waals surface area contributed by atoms with E-state index in [4.69, 9.17) is 17.3 Å². The van der Waals surface area contributed by atoms with E-state index < -0.39 is 6.04 Å². The number of halogens is 1. The van der Waals surface area contributed by atoms with Crippen LogP contribution in [0.1, 0.15) is 37.4 Å². The lowest BCUT2D eigenvalue weighted by molar-refractivity contribution is -0.123. The van der Waals surface area contributed by atoms with E-state index in [1.54, 1.807) is 11.3 Å². The highest BCUT2D eigenvalue weighted by Gasteiger charge is 2.22. The Kier molecular flexibility index (Phi) is 5.79. The van der Waals surface area contributed by atoms with Crippen molar-refractivity contribution in [1.82, 2.24) is 10.3 Å². The summed E-state index contributed by atoms with van der Waals surface area (Å²) in [5.41, 5.74) is 7.84. The van der Waals surface area contributed by atoms with Crippen molar-refractivity contribution < 1.29 is 4.79 Å². The zero-order valence-corrected chi connectivity index (χ0v) is 15.3. The predicted octanol–water partition coefficient (Wildman–Crippen LogP) is 3.93. The maximum Gasteiger partial charge on any atom is 0.237 e. The molecule has 4 nitrogen and oxygen atoms in total. The van der Waals surface area contributed by atoms with Crippen LogP contribution in [0.25, 0.3) is 10.6 Å². The molecular formula is C17H22ClN3OS. The SMILES string of the molecule is Cc1nc(-c2ccc(Cl)cc2)sc1C(C)NC(=O)[C@@H](N)C(C)C. The summed E-state index contributed by atoms with van der Waals surface area (Å²) in [5, 5.41) is 4.60. The fourth-order valence-electron chi connectivity index (χ4n) is 2.20. The van der Waals surface area contributed by atoms with Gasteiger partial charge in [0.1, 0.15) is 5.01 Å². The van der Waals surface area contributed by atoms with Crippen molar-refractivity contribution in [2.45, 2.75) is 39.8 Å². The van der Waals surface area contributed by atoms with Gasteiger partial charge in [-0.2, -0.15) is 0 Å². The molecule has 0 aliphatic heterocycles. The molecule has 0 aliphatic carbocycles. The highest BCUT2D eigenvalue weighted by molar-refractivity contribution is 7.15.